The summed E-state index contributed by atoms with van der Waals surface area (Å²) in [5, 5.41) is 5.30. The number of hydrogen-bond donors (Lipinski definition) is 1. The largest absolute Gasteiger partial charge is 0.494 e. The zero-order valence-electron chi connectivity index (χ0n) is 20.5. The van der Waals surface area contributed by atoms with Gasteiger partial charge < -0.3 is 19.7 Å². The molecular formula is C27H32N6O3. The minimum atomic E-state index is 0.125. The summed E-state index contributed by atoms with van der Waals surface area (Å²) in [5.74, 6) is 2.19. The maximum absolute atomic E-state index is 5.95. The molecule has 36 heavy (non-hydrogen) atoms. The van der Waals surface area contributed by atoms with Gasteiger partial charge in [-0.15, -0.1) is 0 Å². The number of rotatable bonds is 7. The highest BCUT2D eigenvalue weighted by Crippen LogP contribution is 2.36. The van der Waals surface area contributed by atoms with Gasteiger partial charge in [0.2, 0.25) is 0 Å². The molecule has 188 valence electrons. The predicted molar refractivity (Wildman–Crippen MR) is 139 cm³/mol. The van der Waals surface area contributed by atoms with Crippen molar-refractivity contribution in [1.82, 2.24) is 14.9 Å². The molecule has 3 aliphatic heterocycles. The minimum absolute atomic E-state index is 0.125. The molecule has 9 nitrogen and oxygen atoms in total. The molecule has 3 fully saturated rings. The molecule has 1 atom stereocenters. The summed E-state index contributed by atoms with van der Waals surface area (Å²) in [4.78, 5) is 19.8. The fourth-order valence-corrected chi connectivity index (χ4v) is 5.11. The van der Waals surface area contributed by atoms with Crippen molar-refractivity contribution in [3.63, 3.8) is 0 Å². The number of hydroxylamine groups is 1. The summed E-state index contributed by atoms with van der Waals surface area (Å²) in [6.07, 6.45) is 2.48. The van der Waals surface area contributed by atoms with Crippen LogP contribution in [0.5, 0.6) is 5.75 Å². The topological polar surface area (TPSA) is 75.2 Å². The number of methoxy groups -OCH3 is 1. The minimum Gasteiger partial charge on any atom is -0.494 e. The van der Waals surface area contributed by atoms with Crippen LogP contribution in [0.15, 0.2) is 60.9 Å². The number of aromatic nitrogens is 2. The van der Waals surface area contributed by atoms with Crippen LogP contribution in [0.1, 0.15) is 18.0 Å². The summed E-state index contributed by atoms with van der Waals surface area (Å²) >= 11 is 0. The molecule has 1 aromatic heterocycles. The lowest BCUT2D eigenvalue weighted by Crippen LogP contribution is -2.56. The third kappa shape index (κ3) is 4.69. The maximum atomic E-state index is 5.95. The molecule has 0 aliphatic carbocycles. The standard InChI is InChI=1S/C27H32N6O3/c1-34-25-15-21(31-10-12-32(13-11-31)22-17-35-18-22)7-8-23(25)30-26-16-27(29-19-28-26)33-24(9-14-36-33)20-5-3-2-4-6-20/h2-8,15-16,19,22,24H,9-14,17-18H2,1H3,(H,28,29,30)/t24-/m1/s1. The Labute approximate surface area is 211 Å². The van der Waals surface area contributed by atoms with Crippen LogP contribution in [0.3, 0.4) is 0 Å². The van der Waals surface area contributed by atoms with E-state index >= 15 is 0 Å². The first-order valence-corrected chi connectivity index (χ1v) is 12.6. The maximum Gasteiger partial charge on any atom is 0.158 e. The lowest BCUT2D eigenvalue weighted by Gasteiger charge is -2.43. The van der Waals surface area contributed by atoms with Gasteiger partial charge in [0.05, 0.1) is 44.7 Å². The highest BCUT2D eigenvalue weighted by atomic mass is 16.7. The van der Waals surface area contributed by atoms with E-state index in [-0.39, 0.29) is 6.04 Å². The van der Waals surface area contributed by atoms with E-state index in [9.17, 15) is 0 Å². The smallest absolute Gasteiger partial charge is 0.158 e. The Morgan fingerprint density at radius 3 is 2.56 bits per heavy atom. The Kier molecular flexibility index (Phi) is 6.59. The van der Waals surface area contributed by atoms with Crippen molar-refractivity contribution in [2.75, 3.05) is 68.4 Å². The molecule has 6 rings (SSSR count). The van der Waals surface area contributed by atoms with Crippen LogP contribution < -0.4 is 20.0 Å². The lowest BCUT2D eigenvalue weighted by atomic mass is 10.0. The third-order valence-electron chi connectivity index (χ3n) is 7.23. The predicted octanol–water partition coefficient (Wildman–Crippen LogP) is 3.63. The van der Waals surface area contributed by atoms with Gasteiger partial charge in [-0.1, -0.05) is 30.3 Å². The van der Waals surface area contributed by atoms with Crippen molar-refractivity contribution in [1.29, 1.82) is 0 Å². The van der Waals surface area contributed by atoms with Gasteiger partial charge in [0, 0.05) is 50.4 Å². The molecule has 0 unspecified atom stereocenters. The molecule has 3 saturated heterocycles. The molecule has 0 amide bonds. The molecule has 1 N–H and O–H groups in total. The first kappa shape index (κ1) is 23.0. The molecule has 2 aromatic carbocycles. The fourth-order valence-electron chi connectivity index (χ4n) is 5.11. The van der Waals surface area contributed by atoms with Crippen LogP contribution in [0.2, 0.25) is 0 Å². The zero-order valence-corrected chi connectivity index (χ0v) is 20.5. The van der Waals surface area contributed by atoms with E-state index in [4.69, 9.17) is 14.3 Å². The zero-order chi connectivity index (χ0) is 24.3. The normalized spacial score (nSPS) is 20.9. The van der Waals surface area contributed by atoms with Crippen molar-refractivity contribution >= 4 is 23.0 Å². The van der Waals surface area contributed by atoms with Gasteiger partial charge in [0.15, 0.2) is 5.82 Å². The van der Waals surface area contributed by atoms with Gasteiger partial charge in [-0.25, -0.2) is 15.0 Å². The molecule has 4 heterocycles. The third-order valence-corrected chi connectivity index (χ3v) is 7.23. The SMILES string of the molecule is COc1cc(N2CCN(C3COC3)CC2)ccc1Nc1cc(N2OCC[C@@H]2c2ccccc2)ncn1. The van der Waals surface area contributed by atoms with Crippen molar-refractivity contribution in [3.8, 4) is 5.75 Å². The fraction of sp³-hybridized carbons (Fsp3) is 0.407. The Morgan fingerprint density at radius 1 is 0.972 bits per heavy atom. The van der Waals surface area contributed by atoms with Gasteiger partial charge in [-0.3, -0.25) is 9.74 Å². The van der Waals surface area contributed by atoms with Crippen molar-refractivity contribution < 1.29 is 14.3 Å². The van der Waals surface area contributed by atoms with Crippen LogP contribution in [-0.2, 0) is 9.57 Å². The lowest BCUT2D eigenvalue weighted by molar-refractivity contribution is -0.0660. The molecular weight excluding hydrogens is 456 g/mol. The molecule has 3 aliphatic rings. The monoisotopic (exact) mass is 488 g/mol. The van der Waals surface area contributed by atoms with Gasteiger partial charge in [0.1, 0.15) is 17.9 Å². The number of benzene rings is 2. The van der Waals surface area contributed by atoms with E-state index in [1.807, 2.05) is 17.2 Å². The summed E-state index contributed by atoms with van der Waals surface area (Å²) < 4.78 is 11.1. The quantitative estimate of drug-likeness (QED) is 0.537. The van der Waals surface area contributed by atoms with Gasteiger partial charge in [-0.2, -0.15) is 0 Å². The summed E-state index contributed by atoms with van der Waals surface area (Å²) in [5.41, 5.74) is 3.24. The van der Waals surface area contributed by atoms with Crippen molar-refractivity contribution in [3.05, 3.63) is 66.5 Å². The Bertz CT molecular complexity index is 1170. The molecule has 0 radical (unpaired) electrons. The number of nitrogens with zero attached hydrogens (tertiary/aromatic N) is 5. The van der Waals surface area contributed by atoms with Crippen LogP contribution in [0.4, 0.5) is 23.0 Å². The second kappa shape index (κ2) is 10.3. The van der Waals surface area contributed by atoms with Crippen molar-refractivity contribution in [2.24, 2.45) is 0 Å². The van der Waals surface area contributed by atoms with E-state index in [1.165, 1.54) is 11.3 Å². The van der Waals surface area contributed by atoms with Crippen LogP contribution in [0, 0.1) is 0 Å². The molecule has 9 heteroatoms. The number of piperazine rings is 1. The van der Waals surface area contributed by atoms with E-state index in [2.05, 4.69) is 67.5 Å². The second-order valence-electron chi connectivity index (χ2n) is 9.36. The number of ether oxygens (including phenoxy) is 2. The van der Waals surface area contributed by atoms with Gasteiger partial charge >= 0.3 is 0 Å². The first-order valence-electron chi connectivity index (χ1n) is 12.6. The first-order chi connectivity index (χ1) is 17.8. The van der Waals surface area contributed by atoms with E-state index < -0.39 is 0 Å². The average molecular weight is 489 g/mol. The molecule has 0 saturated carbocycles. The summed E-state index contributed by atoms with van der Waals surface area (Å²) in [6.45, 7) is 6.52. The molecule has 3 aromatic rings. The summed E-state index contributed by atoms with van der Waals surface area (Å²) in [6, 6.07) is 19.3. The highest BCUT2D eigenvalue weighted by molar-refractivity contribution is 5.70. The van der Waals surface area contributed by atoms with E-state index in [0.717, 1.165) is 63.1 Å². The van der Waals surface area contributed by atoms with Gasteiger partial charge in [-0.05, 0) is 17.7 Å². The number of anilines is 4. The number of nitrogens with one attached hydrogen (secondary N) is 1. The van der Waals surface area contributed by atoms with Gasteiger partial charge in [0.25, 0.3) is 0 Å². The second-order valence-corrected chi connectivity index (χ2v) is 9.36. The van der Waals surface area contributed by atoms with E-state index in [0.29, 0.717) is 18.5 Å². The Morgan fingerprint density at radius 2 is 1.81 bits per heavy atom. The summed E-state index contributed by atoms with van der Waals surface area (Å²) in [7, 11) is 1.70. The average Bonchev–Trinajstić information content (AvgIpc) is 3.39. The Hall–Kier alpha value is -3.40. The highest BCUT2D eigenvalue weighted by Gasteiger charge is 2.30. The Balaban J connectivity index is 1.15. The number of hydrogen-bond acceptors (Lipinski definition) is 9. The van der Waals surface area contributed by atoms with Crippen LogP contribution in [0.25, 0.3) is 0 Å². The molecule has 0 bridgehead atoms. The van der Waals surface area contributed by atoms with Crippen molar-refractivity contribution in [2.45, 2.75) is 18.5 Å². The van der Waals surface area contributed by atoms with E-state index in [1.54, 1.807) is 13.4 Å². The van der Waals surface area contributed by atoms with Crippen LogP contribution >= 0.6 is 0 Å². The van der Waals surface area contributed by atoms with Crippen LogP contribution in [-0.4, -0.2) is 74.0 Å². The molecule has 0 spiro atoms.